The van der Waals surface area contributed by atoms with E-state index in [1.165, 1.54) is 5.56 Å². The third-order valence-corrected chi connectivity index (χ3v) is 2.41. The fourth-order valence-corrected chi connectivity index (χ4v) is 1.46. The van der Waals surface area contributed by atoms with E-state index in [1.54, 1.807) is 0 Å². The molecular weight excluding hydrogens is 212 g/mol. The van der Waals surface area contributed by atoms with Crippen molar-refractivity contribution in [3.8, 4) is 18.1 Å². The third kappa shape index (κ3) is 5.39. The summed E-state index contributed by atoms with van der Waals surface area (Å²) >= 11 is 0. The van der Waals surface area contributed by atoms with Gasteiger partial charge in [0.25, 0.3) is 0 Å². The van der Waals surface area contributed by atoms with E-state index in [1.807, 2.05) is 26.2 Å². The predicted octanol–water partition coefficient (Wildman–Crippen LogP) is 1.35. The molecule has 0 aliphatic rings. The molecule has 0 amide bonds. The molecule has 0 spiro atoms. The molecule has 0 bridgehead atoms. The summed E-state index contributed by atoms with van der Waals surface area (Å²) in [7, 11) is 3.92. The van der Waals surface area contributed by atoms with Gasteiger partial charge in [-0.2, -0.15) is 0 Å². The standard InChI is InChI=1S/C14H20N2O/c1-4-9-16(3)10-11-17-14-7-5-13(6-8-14)12-15-2/h1,5-8,15H,9-12H2,2-3H3. The molecule has 1 aromatic rings. The molecule has 17 heavy (non-hydrogen) atoms. The van der Waals surface area contributed by atoms with Crippen molar-refractivity contribution in [2.75, 3.05) is 33.8 Å². The zero-order valence-electron chi connectivity index (χ0n) is 10.6. The van der Waals surface area contributed by atoms with Crippen LogP contribution in [0.25, 0.3) is 0 Å². The van der Waals surface area contributed by atoms with Crippen LogP contribution in [-0.4, -0.2) is 38.7 Å². The van der Waals surface area contributed by atoms with Gasteiger partial charge in [-0.1, -0.05) is 18.1 Å². The van der Waals surface area contributed by atoms with Crippen LogP contribution >= 0.6 is 0 Å². The highest BCUT2D eigenvalue weighted by Gasteiger charge is 1.97. The molecule has 1 aromatic carbocycles. The van der Waals surface area contributed by atoms with Crippen LogP contribution in [0.15, 0.2) is 24.3 Å². The molecule has 1 rings (SSSR count). The minimum absolute atomic E-state index is 0.656. The van der Waals surface area contributed by atoms with Gasteiger partial charge in [0.05, 0.1) is 6.54 Å². The monoisotopic (exact) mass is 232 g/mol. The van der Waals surface area contributed by atoms with E-state index < -0.39 is 0 Å². The zero-order valence-corrected chi connectivity index (χ0v) is 10.6. The van der Waals surface area contributed by atoms with Crippen molar-refractivity contribution < 1.29 is 4.74 Å². The van der Waals surface area contributed by atoms with Crippen LogP contribution in [0.3, 0.4) is 0 Å². The molecule has 0 aliphatic carbocycles. The van der Waals surface area contributed by atoms with Gasteiger partial charge in [0.15, 0.2) is 0 Å². The Morgan fingerprint density at radius 2 is 2.06 bits per heavy atom. The highest BCUT2D eigenvalue weighted by molar-refractivity contribution is 5.27. The number of hydrogen-bond acceptors (Lipinski definition) is 3. The molecule has 0 atom stereocenters. The summed E-state index contributed by atoms with van der Waals surface area (Å²) in [5.74, 6) is 3.50. The van der Waals surface area contributed by atoms with Crippen molar-refractivity contribution in [3.63, 3.8) is 0 Å². The smallest absolute Gasteiger partial charge is 0.119 e. The summed E-state index contributed by atoms with van der Waals surface area (Å²) in [6.45, 7) is 3.03. The number of terminal acetylenes is 1. The lowest BCUT2D eigenvalue weighted by Crippen LogP contribution is -2.24. The number of nitrogens with one attached hydrogen (secondary N) is 1. The Labute approximate surface area is 104 Å². The molecule has 3 heteroatoms. The Morgan fingerprint density at radius 3 is 2.65 bits per heavy atom. The van der Waals surface area contributed by atoms with Crippen LogP contribution in [0.5, 0.6) is 5.75 Å². The Morgan fingerprint density at radius 1 is 1.35 bits per heavy atom. The Hall–Kier alpha value is -1.50. The van der Waals surface area contributed by atoms with Gasteiger partial charge in [0, 0.05) is 13.1 Å². The van der Waals surface area contributed by atoms with Crippen molar-refractivity contribution in [3.05, 3.63) is 29.8 Å². The van der Waals surface area contributed by atoms with Crippen LogP contribution in [0.1, 0.15) is 5.56 Å². The van der Waals surface area contributed by atoms with Crippen molar-refractivity contribution in [2.45, 2.75) is 6.54 Å². The van der Waals surface area contributed by atoms with E-state index in [2.05, 4.69) is 28.3 Å². The largest absolute Gasteiger partial charge is 0.492 e. The van der Waals surface area contributed by atoms with E-state index in [0.717, 1.165) is 18.8 Å². The lowest BCUT2D eigenvalue weighted by atomic mass is 10.2. The van der Waals surface area contributed by atoms with Crippen LogP contribution in [0.4, 0.5) is 0 Å². The van der Waals surface area contributed by atoms with Crippen LogP contribution in [-0.2, 0) is 6.54 Å². The topological polar surface area (TPSA) is 24.5 Å². The molecule has 0 saturated heterocycles. The summed E-state index contributed by atoms with van der Waals surface area (Å²) in [4.78, 5) is 2.05. The van der Waals surface area contributed by atoms with Crippen molar-refractivity contribution in [2.24, 2.45) is 0 Å². The van der Waals surface area contributed by atoms with Gasteiger partial charge in [0.2, 0.25) is 0 Å². The first-order valence-corrected chi connectivity index (χ1v) is 5.74. The van der Waals surface area contributed by atoms with Gasteiger partial charge in [-0.25, -0.2) is 0 Å². The summed E-state index contributed by atoms with van der Waals surface area (Å²) < 4.78 is 5.63. The Balaban J connectivity index is 2.30. The van der Waals surface area contributed by atoms with E-state index in [4.69, 9.17) is 11.2 Å². The van der Waals surface area contributed by atoms with Gasteiger partial charge in [-0.3, -0.25) is 4.90 Å². The molecule has 92 valence electrons. The summed E-state index contributed by atoms with van der Waals surface area (Å²) in [6, 6.07) is 8.12. The van der Waals surface area contributed by atoms with Gasteiger partial charge >= 0.3 is 0 Å². The van der Waals surface area contributed by atoms with E-state index in [0.29, 0.717) is 13.2 Å². The molecule has 0 saturated carbocycles. The SMILES string of the molecule is C#CCN(C)CCOc1ccc(CNC)cc1. The summed E-state index contributed by atoms with van der Waals surface area (Å²) in [5.41, 5.74) is 1.25. The lowest BCUT2D eigenvalue weighted by Gasteiger charge is -2.13. The molecule has 0 fully saturated rings. The molecule has 1 N–H and O–H groups in total. The average molecular weight is 232 g/mol. The van der Waals surface area contributed by atoms with E-state index in [9.17, 15) is 0 Å². The van der Waals surface area contributed by atoms with Gasteiger partial charge in [0.1, 0.15) is 12.4 Å². The minimum atomic E-state index is 0.656. The van der Waals surface area contributed by atoms with Crippen molar-refractivity contribution in [1.82, 2.24) is 10.2 Å². The van der Waals surface area contributed by atoms with Crippen LogP contribution in [0.2, 0.25) is 0 Å². The minimum Gasteiger partial charge on any atom is -0.492 e. The molecule has 0 aliphatic heterocycles. The average Bonchev–Trinajstić information content (AvgIpc) is 2.32. The Bertz CT molecular complexity index is 353. The fourth-order valence-electron chi connectivity index (χ4n) is 1.46. The summed E-state index contributed by atoms with van der Waals surface area (Å²) in [5, 5.41) is 3.11. The first-order chi connectivity index (χ1) is 8.26. The maximum Gasteiger partial charge on any atom is 0.119 e. The normalized spacial score (nSPS) is 10.2. The number of ether oxygens (including phenoxy) is 1. The first kappa shape index (κ1) is 13.6. The quantitative estimate of drug-likeness (QED) is 0.718. The molecule has 0 heterocycles. The molecule has 0 radical (unpaired) electrons. The molecular formula is C14H20N2O. The van der Waals surface area contributed by atoms with Crippen LogP contribution < -0.4 is 10.1 Å². The van der Waals surface area contributed by atoms with Gasteiger partial charge in [-0.15, -0.1) is 6.42 Å². The molecule has 0 unspecified atom stereocenters. The fraction of sp³-hybridized carbons (Fsp3) is 0.429. The lowest BCUT2D eigenvalue weighted by molar-refractivity contribution is 0.251. The number of hydrogen-bond donors (Lipinski definition) is 1. The van der Waals surface area contributed by atoms with Crippen LogP contribution in [0, 0.1) is 12.3 Å². The first-order valence-electron chi connectivity index (χ1n) is 5.74. The second kappa shape index (κ2) is 7.72. The maximum atomic E-state index is 5.63. The zero-order chi connectivity index (χ0) is 12.5. The Kier molecular flexibility index (Phi) is 6.16. The number of nitrogens with zero attached hydrogens (tertiary/aromatic N) is 1. The summed E-state index contributed by atoms with van der Waals surface area (Å²) in [6.07, 6.45) is 5.22. The maximum absolute atomic E-state index is 5.63. The highest BCUT2D eigenvalue weighted by atomic mass is 16.5. The number of likely N-dealkylation sites (N-methyl/N-ethyl adjacent to an activating group) is 1. The number of rotatable bonds is 7. The van der Waals surface area contributed by atoms with Gasteiger partial charge in [-0.05, 0) is 31.8 Å². The number of benzene rings is 1. The third-order valence-electron chi connectivity index (χ3n) is 2.41. The van der Waals surface area contributed by atoms with Crippen molar-refractivity contribution >= 4 is 0 Å². The van der Waals surface area contributed by atoms with E-state index in [-0.39, 0.29) is 0 Å². The molecule has 0 aromatic heterocycles. The molecule has 3 nitrogen and oxygen atoms in total. The van der Waals surface area contributed by atoms with Crippen molar-refractivity contribution in [1.29, 1.82) is 0 Å². The second-order valence-corrected chi connectivity index (χ2v) is 3.96. The second-order valence-electron chi connectivity index (χ2n) is 3.96. The predicted molar refractivity (Wildman–Crippen MR) is 71.0 cm³/mol. The highest BCUT2D eigenvalue weighted by Crippen LogP contribution is 2.11. The van der Waals surface area contributed by atoms with E-state index >= 15 is 0 Å². The van der Waals surface area contributed by atoms with Gasteiger partial charge < -0.3 is 10.1 Å².